The Labute approximate surface area is 180 Å². The van der Waals surface area contributed by atoms with Gasteiger partial charge in [0.15, 0.2) is 0 Å². The molecule has 1 aromatic carbocycles. The normalized spacial score (nSPS) is 15.2. The van der Waals surface area contributed by atoms with Crippen LogP contribution in [0.15, 0.2) is 42.9 Å². The molecule has 8 heteroatoms. The van der Waals surface area contributed by atoms with Crippen LogP contribution in [-0.2, 0) is 4.74 Å². The van der Waals surface area contributed by atoms with Crippen molar-refractivity contribution in [1.82, 2.24) is 19.4 Å². The molecule has 3 aromatic heterocycles. The van der Waals surface area contributed by atoms with Crippen molar-refractivity contribution in [3.05, 3.63) is 59.5 Å². The van der Waals surface area contributed by atoms with Crippen molar-refractivity contribution in [2.75, 3.05) is 36.5 Å². The molecule has 4 aromatic rings. The van der Waals surface area contributed by atoms with E-state index in [0.29, 0.717) is 24.6 Å². The average Bonchev–Trinajstić information content (AvgIpc) is 3.28. The summed E-state index contributed by atoms with van der Waals surface area (Å²) in [5.74, 6) is 2.28. The quantitative estimate of drug-likeness (QED) is 0.548. The Morgan fingerprint density at radius 2 is 2.06 bits per heavy atom. The van der Waals surface area contributed by atoms with Crippen LogP contribution in [0.2, 0.25) is 0 Å². The molecule has 31 heavy (non-hydrogen) atoms. The molecule has 1 aliphatic heterocycles. The van der Waals surface area contributed by atoms with Gasteiger partial charge in [-0.25, -0.2) is 9.97 Å². The minimum atomic E-state index is -0.0404. The van der Waals surface area contributed by atoms with Gasteiger partial charge < -0.3 is 15.0 Å². The van der Waals surface area contributed by atoms with E-state index in [9.17, 15) is 5.26 Å². The number of nitrogens with zero attached hydrogens (tertiary/aromatic N) is 6. The molecule has 156 valence electrons. The predicted molar refractivity (Wildman–Crippen MR) is 119 cm³/mol. The summed E-state index contributed by atoms with van der Waals surface area (Å²) < 4.78 is 7.43. The molecule has 1 atom stereocenters. The van der Waals surface area contributed by atoms with Crippen molar-refractivity contribution in [3.63, 3.8) is 0 Å². The van der Waals surface area contributed by atoms with E-state index in [2.05, 4.69) is 34.3 Å². The maximum atomic E-state index is 9.39. The molecule has 0 bridgehead atoms. The molecule has 0 spiro atoms. The third-order valence-electron chi connectivity index (χ3n) is 5.87. The predicted octanol–water partition coefficient (Wildman–Crippen LogP) is 3.47. The van der Waals surface area contributed by atoms with Gasteiger partial charge in [0, 0.05) is 30.9 Å². The molecule has 1 N–H and O–H groups in total. The smallest absolute Gasteiger partial charge is 0.236 e. The fourth-order valence-corrected chi connectivity index (χ4v) is 4.15. The number of imidazole rings is 1. The second-order valence-corrected chi connectivity index (χ2v) is 7.71. The van der Waals surface area contributed by atoms with E-state index in [4.69, 9.17) is 14.7 Å². The Morgan fingerprint density at radius 1 is 1.23 bits per heavy atom. The van der Waals surface area contributed by atoms with E-state index < -0.39 is 0 Å². The first-order chi connectivity index (χ1) is 15.2. The molecule has 0 radical (unpaired) electrons. The Hall–Kier alpha value is -3.70. The van der Waals surface area contributed by atoms with Crippen LogP contribution in [0.5, 0.6) is 0 Å². The number of benzene rings is 1. The van der Waals surface area contributed by atoms with E-state index in [1.807, 2.05) is 41.9 Å². The summed E-state index contributed by atoms with van der Waals surface area (Å²) in [6.07, 6.45) is 5.52. The number of hydrogen-bond acceptors (Lipinski definition) is 7. The fourth-order valence-electron chi connectivity index (χ4n) is 4.15. The number of anilines is 2. The summed E-state index contributed by atoms with van der Waals surface area (Å²) in [5, 5.41) is 13.9. The SMILES string of the molecule is Cc1c(C#N)cccc1C(C)Nc1nc2nccn2c2cnc(N3CCOCC3)cc12. The Balaban J connectivity index is 1.60. The standard InChI is InChI=1S/C23H23N7O/c1-15-17(13-24)4-3-5-18(15)16(2)27-22-19-12-21(29-8-10-31-11-9-29)26-14-20(19)30-7-6-25-23(30)28-22/h3-7,12,14,16H,8-11H2,1-2H3,(H,25,27,28). The average molecular weight is 413 g/mol. The van der Waals surface area contributed by atoms with Crippen LogP contribution in [0.25, 0.3) is 16.7 Å². The summed E-state index contributed by atoms with van der Waals surface area (Å²) in [4.78, 5) is 16.1. The van der Waals surface area contributed by atoms with Crippen LogP contribution < -0.4 is 10.2 Å². The molecule has 0 saturated carbocycles. The van der Waals surface area contributed by atoms with Gasteiger partial charge in [0.05, 0.1) is 42.6 Å². The number of rotatable bonds is 4. The maximum absolute atomic E-state index is 9.39. The number of hydrogen-bond donors (Lipinski definition) is 1. The Kier molecular flexibility index (Phi) is 4.88. The monoisotopic (exact) mass is 413 g/mol. The zero-order chi connectivity index (χ0) is 21.4. The highest BCUT2D eigenvalue weighted by Gasteiger charge is 2.18. The number of nitriles is 1. The first-order valence-corrected chi connectivity index (χ1v) is 10.4. The summed E-state index contributed by atoms with van der Waals surface area (Å²) in [6.45, 7) is 7.11. The third-order valence-corrected chi connectivity index (χ3v) is 5.87. The van der Waals surface area contributed by atoms with Gasteiger partial charge in [-0.1, -0.05) is 12.1 Å². The minimum absolute atomic E-state index is 0.0404. The highest BCUT2D eigenvalue weighted by molar-refractivity contribution is 5.92. The molecule has 8 nitrogen and oxygen atoms in total. The third kappa shape index (κ3) is 3.43. The van der Waals surface area contributed by atoms with Crippen LogP contribution in [0.1, 0.15) is 29.7 Å². The summed E-state index contributed by atoms with van der Waals surface area (Å²) in [5.41, 5.74) is 3.68. The number of morpholine rings is 1. The topological polar surface area (TPSA) is 91.4 Å². The van der Waals surface area contributed by atoms with Crippen LogP contribution in [-0.4, -0.2) is 45.7 Å². The van der Waals surface area contributed by atoms with E-state index in [1.165, 1.54) is 0 Å². The first kappa shape index (κ1) is 19.3. The zero-order valence-corrected chi connectivity index (χ0v) is 17.5. The number of ether oxygens (including phenoxy) is 1. The first-order valence-electron chi connectivity index (χ1n) is 10.4. The Morgan fingerprint density at radius 3 is 2.87 bits per heavy atom. The van der Waals surface area contributed by atoms with Crippen molar-refractivity contribution < 1.29 is 4.74 Å². The molecular weight excluding hydrogens is 390 g/mol. The molecule has 1 fully saturated rings. The molecule has 1 unspecified atom stereocenters. The minimum Gasteiger partial charge on any atom is -0.378 e. The van der Waals surface area contributed by atoms with Crippen LogP contribution in [0, 0.1) is 18.3 Å². The fraction of sp³-hybridized carbons (Fsp3) is 0.304. The van der Waals surface area contributed by atoms with Crippen molar-refractivity contribution in [2.24, 2.45) is 0 Å². The number of aromatic nitrogens is 4. The second-order valence-electron chi connectivity index (χ2n) is 7.71. The number of nitrogens with one attached hydrogen (secondary N) is 1. The van der Waals surface area contributed by atoms with Crippen molar-refractivity contribution in [3.8, 4) is 6.07 Å². The van der Waals surface area contributed by atoms with E-state index in [1.54, 1.807) is 6.20 Å². The van der Waals surface area contributed by atoms with E-state index in [0.717, 1.165) is 46.8 Å². The highest BCUT2D eigenvalue weighted by atomic mass is 16.5. The summed E-state index contributed by atoms with van der Waals surface area (Å²) >= 11 is 0. The van der Waals surface area contributed by atoms with Gasteiger partial charge in [-0.05, 0) is 37.1 Å². The van der Waals surface area contributed by atoms with Gasteiger partial charge in [-0.15, -0.1) is 0 Å². The summed E-state index contributed by atoms with van der Waals surface area (Å²) in [7, 11) is 0. The van der Waals surface area contributed by atoms with Gasteiger partial charge in [0.25, 0.3) is 0 Å². The zero-order valence-electron chi connectivity index (χ0n) is 17.5. The molecule has 0 amide bonds. The van der Waals surface area contributed by atoms with Gasteiger partial charge in [0.1, 0.15) is 11.6 Å². The lowest BCUT2D eigenvalue weighted by molar-refractivity contribution is 0.122. The summed E-state index contributed by atoms with van der Waals surface area (Å²) in [6, 6.07) is 10.1. The molecular formula is C23H23N7O. The lowest BCUT2D eigenvalue weighted by Gasteiger charge is -2.28. The van der Waals surface area contributed by atoms with E-state index >= 15 is 0 Å². The van der Waals surface area contributed by atoms with Crippen LogP contribution in [0.4, 0.5) is 11.6 Å². The van der Waals surface area contributed by atoms with Crippen molar-refractivity contribution >= 4 is 28.3 Å². The lowest BCUT2D eigenvalue weighted by atomic mass is 9.98. The van der Waals surface area contributed by atoms with Gasteiger partial charge in [0.2, 0.25) is 5.78 Å². The highest BCUT2D eigenvalue weighted by Crippen LogP contribution is 2.30. The Bertz CT molecular complexity index is 1300. The number of pyridine rings is 1. The maximum Gasteiger partial charge on any atom is 0.236 e. The largest absolute Gasteiger partial charge is 0.378 e. The molecule has 1 aliphatic rings. The van der Waals surface area contributed by atoms with Crippen LogP contribution in [0.3, 0.4) is 0 Å². The lowest BCUT2D eigenvalue weighted by Crippen LogP contribution is -2.36. The van der Waals surface area contributed by atoms with Gasteiger partial charge in [-0.2, -0.15) is 10.2 Å². The van der Waals surface area contributed by atoms with Crippen molar-refractivity contribution in [1.29, 1.82) is 5.26 Å². The molecule has 5 rings (SSSR count). The van der Waals surface area contributed by atoms with Crippen molar-refractivity contribution in [2.45, 2.75) is 19.9 Å². The van der Waals surface area contributed by atoms with Crippen LogP contribution >= 0.6 is 0 Å². The van der Waals surface area contributed by atoms with Gasteiger partial charge >= 0.3 is 0 Å². The van der Waals surface area contributed by atoms with Gasteiger partial charge in [-0.3, -0.25) is 4.40 Å². The van der Waals surface area contributed by atoms with E-state index in [-0.39, 0.29) is 6.04 Å². The molecule has 1 saturated heterocycles. The molecule has 4 heterocycles. The number of fused-ring (bicyclic) bond motifs is 3. The second kappa shape index (κ2) is 7.85. The molecule has 0 aliphatic carbocycles.